The van der Waals surface area contributed by atoms with Crippen LogP contribution in [0.15, 0.2) is 24.3 Å². The standard InChI is InChI=1S/C12H12N2O/c1-9-7-10-3-4-11(15-2)8-12(10)14(9)6-5-13/h3-4,7-8H,6H2,1-2H3. The number of methoxy groups -OCH3 is 1. The van der Waals surface area contributed by atoms with E-state index in [2.05, 4.69) is 12.1 Å². The summed E-state index contributed by atoms with van der Waals surface area (Å²) in [5.74, 6) is 0.819. The van der Waals surface area contributed by atoms with Gasteiger partial charge in [-0.1, -0.05) is 0 Å². The van der Waals surface area contributed by atoms with Crippen molar-refractivity contribution in [2.75, 3.05) is 7.11 Å². The average molecular weight is 200 g/mol. The van der Waals surface area contributed by atoms with E-state index in [9.17, 15) is 0 Å². The summed E-state index contributed by atoms with van der Waals surface area (Å²) in [5.41, 5.74) is 2.15. The number of nitriles is 1. The van der Waals surface area contributed by atoms with Crippen molar-refractivity contribution >= 4 is 10.9 Å². The molecular formula is C12H12N2O. The van der Waals surface area contributed by atoms with Crippen LogP contribution in [0.3, 0.4) is 0 Å². The highest BCUT2D eigenvalue weighted by Gasteiger charge is 2.05. The van der Waals surface area contributed by atoms with Crippen LogP contribution in [0.25, 0.3) is 10.9 Å². The summed E-state index contributed by atoms with van der Waals surface area (Å²) < 4.78 is 7.15. The first kappa shape index (κ1) is 9.60. The van der Waals surface area contributed by atoms with Gasteiger partial charge in [-0.2, -0.15) is 5.26 Å². The number of nitrogens with zero attached hydrogens (tertiary/aromatic N) is 2. The molecule has 0 saturated carbocycles. The molecule has 0 aliphatic rings. The molecule has 0 fully saturated rings. The first-order valence-corrected chi connectivity index (χ1v) is 4.77. The number of aryl methyl sites for hydroxylation is 1. The molecule has 0 spiro atoms. The molecule has 76 valence electrons. The maximum absolute atomic E-state index is 8.75. The quantitative estimate of drug-likeness (QED) is 0.746. The molecule has 0 saturated heterocycles. The first-order valence-electron chi connectivity index (χ1n) is 4.77. The second kappa shape index (κ2) is 3.66. The van der Waals surface area contributed by atoms with E-state index in [4.69, 9.17) is 10.00 Å². The predicted octanol–water partition coefficient (Wildman–Crippen LogP) is 2.48. The van der Waals surface area contributed by atoms with Gasteiger partial charge in [0.05, 0.1) is 18.7 Å². The zero-order valence-corrected chi connectivity index (χ0v) is 8.82. The van der Waals surface area contributed by atoms with E-state index in [1.807, 2.05) is 29.7 Å². The fraction of sp³-hybridized carbons (Fsp3) is 0.250. The van der Waals surface area contributed by atoms with Gasteiger partial charge in [0, 0.05) is 17.1 Å². The minimum absolute atomic E-state index is 0.377. The van der Waals surface area contributed by atoms with Crippen molar-refractivity contribution in [3.63, 3.8) is 0 Å². The summed E-state index contributed by atoms with van der Waals surface area (Å²) in [7, 11) is 1.64. The van der Waals surface area contributed by atoms with E-state index in [1.54, 1.807) is 7.11 Å². The molecule has 0 atom stereocenters. The highest BCUT2D eigenvalue weighted by molar-refractivity contribution is 5.82. The molecule has 0 N–H and O–H groups in total. The lowest BCUT2D eigenvalue weighted by molar-refractivity contribution is 0.415. The Balaban J connectivity index is 2.67. The topological polar surface area (TPSA) is 38.0 Å². The Morgan fingerprint density at radius 3 is 2.87 bits per heavy atom. The van der Waals surface area contributed by atoms with Crippen molar-refractivity contribution < 1.29 is 4.74 Å². The molecule has 2 rings (SSSR count). The van der Waals surface area contributed by atoms with Crippen LogP contribution < -0.4 is 4.74 Å². The van der Waals surface area contributed by atoms with Gasteiger partial charge in [-0.25, -0.2) is 0 Å². The van der Waals surface area contributed by atoms with Crippen LogP contribution in [0.2, 0.25) is 0 Å². The van der Waals surface area contributed by atoms with Gasteiger partial charge in [0.2, 0.25) is 0 Å². The maximum Gasteiger partial charge on any atom is 0.120 e. The van der Waals surface area contributed by atoms with Crippen molar-refractivity contribution in [1.29, 1.82) is 5.26 Å². The van der Waals surface area contributed by atoms with Crippen molar-refractivity contribution in [1.82, 2.24) is 4.57 Å². The number of ether oxygens (including phenoxy) is 1. The molecule has 3 heteroatoms. The summed E-state index contributed by atoms with van der Waals surface area (Å²) in [4.78, 5) is 0. The second-order valence-corrected chi connectivity index (χ2v) is 3.45. The van der Waals surface area contributed by atoms with Crippen molar-refractivity contribution in [3.8, 4) is 11.8 Å². The molecule has 0 bridgehead atoms. The highest BCUT2D eigenvalue weighted by Crippen LogP contribution is 2.24. The van der Waals surface area contributed by atoms with Crippen molar-refractivity contribution in [2.24, 2.45) is 0 Å². The SMILES string of the molecule is COc1ccc2cc(C)n(CC#N)c2c1. The first-order chi connectivity index (χ1) is 7.26. The molecule has 3 nitrogen and oxygen atoms in total. The number of hydrogen-bond donors (Lipinski definition) is 0. The van der Waals surface area contributed by atoms with Gasteiger partial charge in [-0.3, -0.25) is 0 Å². The molecule has 0 radical (unpaired) electrons. The Morgan fingerprint density at radius 2 is 2.20 bits per heavy atom. The van der Waals surface area contributed by atoms with Gasteiger partial charge in [0.15, 0.2) is 0 Å². The summed E-state index contributed by atoms with van der Waals surface area (Å²) in [6.45, 7) is 2.38. The van der Waals surface area contributed by atoms with Crippen LogP contribution in [-0.2, 0) is 6.54 Å². The van der Waals surface area contributed by atoms with E-state index in [-0.39, 0.29) is 0 Å². The molecule has 1 heterocycles. The third-order valence-corrected chi connectivity index (χ3v) is 2.55. The zero-order chi connectivity index (χ0) is 10.8. The molecular weight excluding hydrogens is 188 g/mol. The minimum Gasteiger partial charge on any atom is -0.497 e. The van der Waals surface area contributed by atoms with E-state index in [0.717, 1.165) is 22.3 Å². The second-order valence-electron chi connectivity index (χ2n) is 3.45. The Bertz CT molecular complexity index is 534. The van der Waals surface area contributed by atoms with Crippen molar-refractivity contribution in [2.45, 2.75) is 13.5 Å². The van der Waals surface area contributed by atoms with Crippen LogP contribution in [0.4, 0.5) is 0 Å². The smallest absolute Gasteiger partial charge is 0.120 e. The Hall–Kier alpha value is -1.95. The van der Waals surface area contributed by atoms with Gasteiger partial charge in [0.1, 0.15) is 12.3 Å². The summed E-state index contributed by atoms with van der Waals surface area (Å²) in [6, 6.07) is 10.1. The average Bonchev–Trinajstić information content (AvgIpc) is 2.55. The largest absolute Gasteiger partial charge is 0.497 e. The number of fused-ring (bicyclic) bond motifs is 1. The fourth-order valence-electron chi connectivity index (χ4n) is 1.78. The zero-order valence-electron chi connectivity index (χ0n) is 8.82. The normalized spacial score (nSPS) is 10.2. The van der Waals surface area contributed by atoms with Gasteiger partial charge >= 0.3 is 0 Å². The summed E-state index contributed by atoms with van der Waals surface area (Å²) in [5, 5.41) is 9.89. The number of hydrogen-bond acceptors (Lipinski definition) is 2. The van der Waals surface area contributed by atoms with Crippen LogP contribution in [0, 0.1) is 18.3 Å². The molecule has 0 amide bonds. The lowest BCUT2D eigenvalue weighted by Crippen LogP contribution is -1.97. The molecule has 0 unspecified atom stereocenters. The maximum atomic E-state index is 8.75. The summed E-state index contributed by atoms with van der Waals surface area (Å²) in [6.07, 6.45) is 0. The molecule has 0 aliphatic carbocycles. The molecule has 0 aliphatic heterocycles. The fourth-order valence-corrected chi connectivity index (χ4v) is 1.78. The van der Waals surface area contributed by atoms with Crippen LogP contribution in [-0.4, -0.2) is 11.7 Å². The van der Waals surface area contributed by atoms with E-state index in [1.165, 1.54) is 0 Å². The molecule has 2 aromatic rings. The number of aromatic nitrogens is 1. The van der Waals surface area contributed by atoms with E-state index < -0.39 is 0 Å². The Labute approximate surface area is 88.5 Å². The van der Waals surface area contributed by atoms with Crippen molar-refractivity contribution in [3.05, 3.63) is 30.0 Å². The molecule has 1 aromatic heterocycles. The lowest BCUT2D eigenvalue weighted by atomic mass is 10.2. The Morgan fingerprint density at radius 1 is 1.40 bits per heavy atom. The van der Waals surface area contributed by atoms with Crippen LogP contribution in [0.5, 0.6) is 5.75 Å². The van der Waals surface area contributed by atoms with E-state index in [0.29, 0.717) is 6.54 Å². The van der Waals surface area contributed by atoms with Gasteiger partial charge < -0.3 is 9.30 Å². The monoisotopic (exact) mass is 200 g/mol. The van der Waals surface area contributed by atoms with Gasteiger partial charge in [-0.15, -0.1) is 0 Å². The highest BCUT2D eigenvalue weighted by atomic mass is 16.5. The van der Waals surface area contributed by atoms with E-state index >= 15 is 0 Å². The van der Waals surface area contributed by atoms with Crippen LogP contribution >= 0.6 is 0 Å². The molecule has 1 aromatic carbocycles. The third-order valence-electron chi connectivity index (χ3n) is 2.55. The third kappa shape index (κ3) is 1.55. The van der Waals surface area contributed by atoms with Gasteiger partial charge in [0.25, 0.3) is 0 Å². The Kier molecular flexibility index (Phi) is 2.34. The lowest BCUT2D eigenvalue weighted by Gasteiger charge is -2.04. The predicted molar refractivity (Wildman–Crippen MR) is 58.8 cm³/mol. The molecule has 15 heavy (non-hydrogen) atoms. The van der Waals surface area contributed by atoms with Gasteiger partial charge in [-0.05, 0) is 25.1 Å². The number of rotatable bonds is 2. The number of benzene rings is 1. The minimum atomic E-state index is 0.377. The van der Waals surface area contributed by atoms with Crippen LogP contribution in [0.1, 0.15) is 5.69 Å². The summed E-state index contributed by atoms with van der Waals surface area (Å²) >= 11 is 0.